The third-order valence-corrected chi connectivity index (χ3v) is 7.33. The highest BCUT2D eigenvalue weighted by Crippen LogP contribution is 2.25. The first-order valence-corrected chi connectivity index (χ1v) is 14.7. The lowest BCUT2D eigenvalue weighted by Gasteiger charge is -2.30. The average molecular weight is 516 g/mol. The van der Waals surface area contributed by atoms with Gasteiger partial charge in [-0.15, -0.1) is 12.4 Å². The highest BCUT2D eigenvalue weighted by atomic mass is 35.5. The number of hydrogen-bond acceptors (Lipinski definition) is 3. The molecule has 0 radical (unpaired) electrons. The van der Waals surface area contributed by atoms with Gasteiger partial charge in [0.1, 0.15) is 0 Å². The zero-order valence-corrected chi connectivity index (χ0v) is 24.5. The van der Waals surface area contributed by atoms with Gasteiger partial charge in [0.05, 0.1) is 0 Å². The Bertz CT molecular complexity index is 542. The summed E-state index contributed by atoms with van der Waals surface area (Å²) >= 11 is 0. The standard InChI is InChI=1S/C29H57N3O2.ClH/c1-5-7-8-9-10-11-12-13-14-15-16-17-18-19-22-29(3,4)28(34)30-32(23-6-2)26-25-31-24-20-21-27(31)33;/h5-26H2,1-4H3,(H,30,34);1H. The second-order valence-corrected chi connectivity index (χ2v) is 11.1. The van der Waals surface area contributed by atoms with Crippen molar-refractivity contribution in [3.8, 4) is 0 Å². The molecule has 1 saturated heterocycles. The van der Waals surface area contributed by atoms with Crippen LogP contribution < -0.4 is 5.43 Å². The van der Waals surface area contributed by atoms with E-state index in [0.717, 1.165) is 38.8 Å². The van der Waals surface area contributed by atoms with Crippen LogP contribution in [0.15, 0.2) is 0 Å². The van der Waals surface area contributed by atoms with E-state index in [1.165, 1.54) is 83.5 Å². The van der Waals surface area contributed by atoms with Gasteiger partial charge in [-0.1, -0.05) is 118 Å². The Hall–Kier alpha value is -0.810. The number of halogens is 1. The monoisotopic (exact) mass is 515 g/mol. The number of likely N-dealkylation sites (tertiary alicyclic amines) is 1. The van der Waals surface area contributed by atoms with Crippen LogP contribution in [0.2, 0.25) is 0 Å². The summed E-state index contributed by atoms with van der Waals surface area (Å²) in [7, 11) is 0. The molecule has 1 N–H and O–H groups in total. The number of hydrazine groups is 1. The Morgan fingerprint density at radius 3 is 1.80 bits per heavy atom. The van der Waals surface area contributed by atoms with Crippen LogP contribution in [0.25, 0.3) is 0 Å². The van der Waals surface area contributed by atoms with Gasteiger partial charge in [0.25, 0.3) is 0 Å². The molecule has 208 valence electrons. The molecule has 1 heterocycles. The summed E-state index contributed by atoms with van der Waals surface area (Å²) in [5.74, 6) is 0.365. The van der Waals surface area contributed by atoms with E-state index in [2.05, 4.69) is 33.1 Å². The van der Waals surface area contributed by atoms with Gasteiger partial charge in [0.15, 0.2) is 0 Å². The van der Waals surface area contributed by atoms with Crippen molar-refractivity contribution >= 4 is 24.2 Å². The van der Waals surface area contributed by atoms with Gasteiger partial charge in [-0.3, -0.25) is 15.0 Å². The lowest BCUT2D eigenvalue weighted by atomic mass is 9.86. The van der Waals surface area contributed by atoms with Crippen molar-refractivity contribution < 1.29 is 9.59 Å². The Kier molecular flexibility index (Phi) is 20.8. The molecule has 5 nitrogen and oxygen atoms in total. The fourth-order valence-electron chi connectivity index (χ4n) is 4.85. The molecule has 0 bridgehead atoms. The third kappa shape index (κ3) is 16.5. The summed E-state index contributed by atoms with van der Waals surface area (Å²) in [5.41, 5.74) is 2.80. The second-order valence-electron chi connectivity index (χ2n) is 11.1. The van der Waals surface area contributed by atoms with Crippen LogP contribution in [0.1, 0.15) is 143 Å². The molecular formula is C29H58ClN3O2. The van der Waals surface area contributed by atoms with Crippen LogP contribution in [-0.2, 0) is 9.59 Å². The molecule has 2 amide bonds. The highest BCUT2D eigenvalue weighted by molar-refractivity contribution is 5.85. The molecule has 0 aromatic rings. The van der Waals surface area contributed by atoms with Crippen LogP contribution >= 0.6 is 12.4 Å². The maximum atomic E-state index is 12.9. The van der Waals surface area contributed by atoms with Gasteiger partial charge in [-0.05, 0) is 19.3 Å². The maximum absolute atomic E-state index is 12.9. The number of carbonyl (C=O) groups is 2. The fraction of sp³-hybridized carbons (Fsp3) is 0.931. The van der Waals surface area contributed by atoms with Gasteiger partial charge >= 0.3 is 0 Å². The molecular weight excluding hydrogens is 458 g/mol. The van der Waals surface area contributed by atoms with E-state index in [1.54, 1.807) is 0 Å². The lowest BCUT2D eigenvalue weighted by molar-refractivity contribution is -0.135. The molecule has 35 heavy (non-hydrogen) atoms. The van der Waals surface area contributed by atoms with Gasteiger partial charge in [-0.2, -0.15) is 0 Å². The van der Waals surface area contributed by atoms with Crippen molar-refractivity contribution in [2.45, 2.75) is 143 Å². The topological polar surface area (TPSA) is 52.7 Å². The summed E-state index contributed by atoms with van der Waals surface area (Å²) in [5, 5.41) is 2.01. The minimum Gasteiger partial charge on any atom is -0.341 e. The lowest BCUT2D eigenvalue weighted by Crippen LogP contribution is -2.50. The van der Waals surface area contributed by atoms with Gasteiger partial charge in [0.2, 0.25) is 11.8 Å². The zero-order valence-electron chi connectivity index (χ0n) is 23.7. The molecule has 0 aliphatic carbocycles. The molecule has 0 spiro atoms. The van der Waals surface area contributed by atoms with Crippen LogP contribution in [-0.4, -0.2) is 47.9 Å². The predicted molar refractivity (Wildman–Crippen MR) is 152 cm³/mol. The Morgan fingerprint density at radius 2 is 1.34 bits per heavy atom. The normalized spacial score (nSPS) is 14.0. The van der Waals surface area contributed by atoms with E-state index in [1.807, 2.05) is 9.91 Å². The van der Waals surface area contributed by atoms with Gasteiger partial charge < -0.3 is 4.90 Å². The van der Waals surface area contributed by atoms with Gasteiger partial charge in [-0.25, -0.2) is 5.01 Å². The smallest absolute Gasteiger partial charge is 0.239 e. The van der Waals surface area contributed by atoms with E-state index >= 15 is 0 Å². The Balaban J connectivity index is 0.0000116. The van der Waals surface area contributed by atoms with E-state index in [-0.39, 0.29) is 29.6 Å². The Morgan fingerprint density at radius 1 is 0.829 bits per heavy atom. The molecule has 0 aromatic heterocycles. The first kappa shape index (κ1) is 34.2. The van der Waals surface area contributed by atoms with Crippen LogP contribution in [0.5, 0.6) is 0 Å². The first-order valence-electron chi connectivity index (χ1n) is 14.7. The van der Waals surface area contributed by atoms with E-state index in [9.17, 15) is 9.59 Å². The van der Waals surface area contributed by atoms with Crippen molar-refractivity contribution in [2.75, 3.05) is 26.2 Å². The highest BCUT2D eigenvalue weighted by Gasteiger charge is 2.28. The largest absolute Gasteiger partial charge is 0.341 e. The number of carbonyl (C=O) groups excluding carboxylic acids is 2. The summed E-state index contributed by atoms with van der Waals surface area (Å²) in [6.45, 7) is 11.6. The van der Waals surface area contributed by atoms with E-state index in [4.69, 9.17) is 0 Å². The van der Waals surface area contributed by atoms with Crippen LogP contribution in [0, 0.1) is 5.41 Å². The van der Waals surface area contributed by atoms with Crippen LogP contribution in [0.3, 0.4) is 0 Å². The van der Waals surface area contributed by atoms with Crippen molar-refractivity contribution in [3.05, 3.63) is 0 Å². The van der Waals surface area contributed by atoms with Crippen molar-refractivity contribution in [3.63, 3.8) is 0 Å². The molecule has 1 aliphatic rings. The number of nitrogens with one attached hydrogen (secondary N) is 1. The van der Waals surface area contributed by atoms with E-state index < -0.39 is 0 Å². The number of unbranched alkanes of at least 4 members (excludes halogenated alkanes) is 13. The quantitative estimate of drug-likeness (QED) is 0.119. The van der Waals surface area contributed by atoms with Crippen molar-refractivity contribution in [1.82, 2.24) is 15.3 Å². The summed E-state index contributed by atoms with van der Waals surface area (Å²) in [6.07, 6.45) is 22.5. The maximum Gasteiger partial charge on any atom is 0.239 e. The zero-order chi connectivity index (χ0) is 25.1. The fourth-order valence-corrected chi connectivity index (χ4v) is 4.85. The SMILES string of the molecule is CCCCCCCCCCCCCCCCC(C)(C)C(=O)NN(CCC)CCN1CCCC1=O.Cl. The average Bonchev–Trinajstić information content (AvgIpc) is 3.22. The summed E-state index contributed by atoms with van der Waals surface area (Å²) in [4.78, 5) is 26.7. The second kappa shape index (κ2) is 21.3. The minimum atomic E-state index is -0.355. The van der Waals surface area contributed by atoms with Crippen LogP contribution in [0.4, 0.5) is 0 Å². The molecule has 0 saturated carbocycles. The molecule has 0 aromatic carbocycles. The molecule has 6 heteroatoms. The molecule has 1 fully saturated rings. The molecule has 1 aliphatic heterocycles. The van der Waals surface area contributed by atoms with Crippen molar-refractivity contribution in [1.29, 1.82) is 0 Å². The molecule has 1 rings (SSSR count). The number of nitrogens with zero attached hydrogens (tertiary/aromatic N) is 2. The molecule has 0 atom stereocenters. The van der Waals surface area contributed by atoms with Crippen molar-refractivity contribution in [2.24, 2.45) is 5.41 Å². The summed E-state index contributed by atoms with van der Waals surface area (Å²) < 4.78 is 0. The van der Waals surface area contributed by atoms with E-state index in [0.29, 0.717) is 19.5 Å². The number of rotatable bonds is 22. The summed E-state index contributed by atoms with van der Waals surface area (Å²) in [6, 6.07) is 0. The predicted octanol–water partition coefficient (Wildman–Crippen LogP) is 7.67. The minimum absolute atomic E-state index is 0. The first-order chi connectivity index (χ1) is 16.4. The molecule has 0 unspecified atom stereocenters. The number of amides is 2. The Labute approximate surface area is 223 Å². The number of hydrogen-bond donors (Lipinski definition) is 1. The third-order valence-electron chi connectivity index (χ3n) is 7.33. The van der Waals surface area contributed by atoms with Gasteiger partial charge in [0, 0.05) is 38.0 Å².